The first-order chi connectivity index (χ1) is 11.0. The maximum atomic E-state index is 12.4. The van der Waals surface area contributed by atoms with E-state index in [1.165, 1.54) is 0 Å². The fraction of sp³-hybridized carbons (Fsp3) is 0.278. The van der Waals surface area contributed by atoms with Crippen LogP contribution in [0.1, 0.15) is 35.7 Å². The number of benzene rings is 2. The summed E-state index contributed by atoms with van der Waals surface area (Å²) in [6.45, 7) is 4.71. The van der Waals surface area contributed by atoms with Crippen LogP contribution in [0.3, 0.4) is 0 Å². The number of carbonyl (C=O) groups is 1. The van der Waals surface area contributed by atoms with Crippen LogP contribution in [-0.2, 0) is 0 Å². The van der Waals surface area contributed by atoms with Crippen LogP contribution >= 0.6 is 27.5 Å². The largest absolute Gasteiger partial charge is 0.492 e. The van der Waals surface area contributed by atoms with E-state index in [4.69, 9.17) is 16.3 Å². The predicted octanol–water partition coefficient (Wildman–Crippen LogP) is 5.84. The number of rotatable bonds is 6. The van der Waals surface area contributed by atoms with Crippen molar-refractivity contribution < 1.29 is 9.53 Å². The summed E-state index contributed by atoms with van der Waals surface area (Å²) >= 11 is 9.43. The van der Waals surface area contributed by atoms with Gasteiger partial charge >= 0.3 is 0 Å². The van der Waals surface area contributed by atoms with Crippen molar-refractivity contribution in [2.24, 2.45) is 0 Å². The maximum Gasteiger partial charge on any atom is 0.255 e. The third-order valence-corrected chi connectivity index (χ3v) is 4.25. The molecule has 0 unspecified atom stereocenters. The third-order valence-electron chi connectivity index (χ3n) is 3.40. The van der Waals surface area contributed by atoms with Crippen LogP contribution in [-0.4, -0.2) is 12.5 Å². The standard InChI is InChI=1S/C18H19BrClNO2/c1-3-4-9-23-17-8-6-13(10-15(17)19)18(22)21-16-11-14(20)7-5-12(16)2/h5-8,10-11H,3-4,9H2,1-2H3,(H,21,22). The zero-order valence-electron chi connectivity index (χ0n) is 13.2. The van der Waals surface area contributed by atoms with Gasteiger partial charge < -0.3 is 10.1 Å². The molecule has 0 aliphatic rings. The summed E-state index contributed by atoms with van der Waals surface area (Å²) in [5, 5.41) is 3.47. The van der Waals surface area contributed by atoms with Gasteiger partial charge in [-0.25, -0.2) is 0 Å². The summed E-state index contributed by atoms with van der Waals surface area (Å²) in [6, 6.07) is 10.7. The smallest absolute Gasteiger partial charge is 0.255 e. The van der Waals surface area contributed by atoms with Gasteiger partial charge in [-0.3, -0.25) is 4.79 Å². The number of hydrogen-bond donors (Lipinski definition) is 1. The highest BCUT2D eigenvalue weighted by Gasteiger charge is 2.11. The second-order valence-corrected chi connectivity index (χ2v) is 6.55. The van der Waals surface area contributed by atoms with Crippen LogP contribution in [0.4, 0.5) is 5.69 Å². The van der Waals surface area contributed by atoms with E-state index in [-0.39, 0.29) is 5.91 Å². The molecule has 0 heterocycles. The lowest BCUT2D eigenvalue weighted by Crippen LogP contribution is -2.13. The van der Waals surface area contributed by atoms with Gasteiger partial charge in [-0.2, -0.15) is 0 Å². The maximum absolute atomic E-state index is 12.4. The van der Waals surface area contributed by atoms with Crippen LogP contribution in [0.15, 0.2) is 40.9 Å². The zero-order chi connectivity index (χ0) is 16.8. The molecule has 0 spiro atoms. The summed E-state index contributed by atoms with van der Waals surface area (Å²) in [6.07, 6.45) is 2.08. The van der Waals surface area contributed by atoms with Crippen molar-refractivity contribution in [3.63, 3.8) is 0 Å². The van der Waals surface area contributed by atoms with E-state index < -0.39 is 0 Å². The van der Waals surface area contributed by atoms with Gasteiger partial charge in [0.1, 0.15) is 5.75 Å². The van der Waals surface area contributed by atoms with E-state index in [2.05, 4.69) is 28.2 Å². The minimum atomic E-state index is -0.184. The number of unbranched alkanes of at least 4 members (excludes halogenated alkanes) is 1. The molecule has 0 atom stereocenters. The van der Waals surface area contributed by atoms with Gasteiger partial charge in [-0.15, -0.1) is 0 Å². The molecule has 0 fully saturated rings. The number of amides is 1. The summed E-state index contributed by atoms with van der Waals surface area (Å²) in [7, 11) is 0. The minimum absolute atomic E-state index is 0.184. The number of nitrogens with one attached hydrogen (secondary N) is 1. The fourth-order valence-corrected chi connectivity index (χ4v) is 2.67. The van der Waals surface area contributed by atoms with Crippen molar-refractivity contribution in [2.75, 3.05) is 11.9 Å². The first-order valence-electron chi connectivity index (χ1n) is 7.51. The van der Waals surface area contributed by atoms with Crippen LogP contribution in [0.25, 0.3) is 0 Å². The molecule has 1 amide bonds. The van der Waals surface area contributed by atoms with Crippen LogP contribution in [0, 0.1) is 6.92 Å². The Bertz CT molecular complexity index is 703. The van der Waals surface area contributed by atoms with Gasteiger partial charge in [0, 0.05) is 16.3 Å². The first kappa shape index (κ1) is 17.8. The van der Waals surface area contributed by atoms with Gasteiger partial charge in [0.05, 0.1) is 11.1 Å². The van der Waals surface area contributed by atoms with E-state index in [9.17, 15) is 4.79 Å². The Labute approximate surface area is 150 Å². The van der Waals surface area contributed by atoms with Gasteiger partial charge in [0.25, 0.3) is 5.91 Å². The van der Waals surface area contributed by atoms with Crippen LogP contribution in [0.2, 0.25) is 5.02 Å². The fourth-order valence-electron chi connectivity index (χ4n) is 2.01. The molecule has 0 aliphatic carbocycles. The van der Waals surface area contributed by atoms with Gasteiger partial charge in [-0.05, 0) is 65.2 Å². The highest BCUT2D eigenvalue weighted by atomic mass is 79.9. The topological polar surface area (TPSA) is 38.3 Å². The molecule has 0 radical (unpaired) electrons. The predicted molar refractivity (Wildman–Crippen MR) is 98.7 cm³/mol. The lowest BCUT2D eigenvalue weighted by Gasteiger charge is -2.11. The summed E-state index contributed by atoms with van der Waals surface area (Å²) in [5.74, 6) is 0.560. The van der Waals surface area contributed by atoms with E-state index in [1.54, 1.807) is 30.3 Å². The molecular weight excluding hydrogens is 378 g/mol. The van der Waals surface area contributed by atoms with E-state index in [0.717, 1.165) is 28.6 Å². The third kappa shape index (κ3) is 4.98. The highest BCUT2D eigenvalue weighted by Crippen LogP contribution is 2.27. The van der Waals surface area contributed by atoms with Crippen molar-refractivity contribution in [2.45, 2.75) is 26.7 Å². The number of ether oxygens (including phenoxy) is 1. The highest BCUT2D eigenvalue weighted by molar-refractivity contribution is 9.10. The van der Waals surface area contributed by atoms with Crippen molar-refractivity contribution in [3.8, 4) is 5.75 Å². The van der Waals surface area contributed by atoms with Gasteiger partial charge in [-0.1, -0.05) is 31.0 Å². The normalized spacial score (nSPS) is 10.4. The van der Waals surface area contributed by atoms with Crippen molar-refractivity contribution in [1.29, 1.82) is 0 Å². The van der Waals surface area contributed by atoms with Crippen LogP contribution < -0.4 is 10.1 Å². The van der Waals surface area contributed by atoms with Gasteiger partial charge in [0.15, 0.2) is 0 Å². The molecule has 3 nitrogen and oxygen atoms in total. The van der Waals surface area contributed by atoms with Crippen molar-refractivity contribution in [3.05, 3.63) is 57.0 Å². The molecule has 0 bridgehead atoms. The molecule has 122 valence electrons. The van der Waals surface area contributed by atoms with E-state index >= 15 is 0 Å². The molecule has 2 aromatic rings. The van der Waals surface area contributed by atoms with Crippen LogP contribution in [0.5, 0.6) is 5.75 Å². The number of aryl methyl sites for hydroxylation is 1. The average molecular weight is 397 g/mol. The molecule has 1 N–H and O–H groups in total. The Balaban J connectivity index is 2.10. The summed E-state index contributed by atoms with van der Waals surface area (Å²) in [4.78, 5) is 12.4. The molecule has 2 aromatic carbocycles. The number of anilines is 1. The quantitative estimate of drug-likeness (QED) is 0.623. The summed E-state index contributed by atoms with van der Waals surface area (Å²) in [5.41, 5.74) is 2.22. The Morgan fingerprint density at radius 1 is 1.26 bits per heavy atom. The molecule has 0 aromatic heterocycles. The molecule has 0 saturated heterocycles. The average Bonchev–Trinajstić information content (AvgIpc) is 2.52. The van der Waals surface area contributed by atoms with Crippen molar-refractivity contribution >= 4 is 39.1 Å². The molecule has 0 saturated carbocycles. The van der Waals surface area contributed by atoms with Gasteiger partial charge in [0.2, 0.25) is 0 Å². The zero-order valence-corrected chi connectivity index (χ0v) is 15.5. The second-order valence-electron chi connectivity index (χ2n) is 5.26. The molecule has 23 heavy (non-hydrogen) atoms. The Morgan fingerprint density at radius 2 is 2.04 bits per heavy atom. The molecule has 5 heteroatoms. The second kappa shape index (κ2) is 8.37. The molecular formula is C18H19BrClNO2. The number of carbonyl (C=O) groups excluding carboxylic acids is 1. The lowest BCUT2D eigenvalue weighted by molar-refractivity contribution is 0.102. The molecule has 0 aliphatic heterocycles. The SMILES string of the molecule is CCCCOc1ccc(C(=O)Nc2cc(Cl)ccc2C)cc1Br. The Hall–Kier alpha value is -1.52. The van der Waals surface area contributed by atoms with Crippen molar-refractivity contribution in [1.82, 2.24) is 0 Å². The number of hydrogen-bond acceptors (Lipinski definition) is 2. The van der Waals surface area contributed by atoms with E-state index in [0.29, 0.717) is 22.9 Å². The number of halogens is 2. The summed E-state index contributed by atoms with van der Waals surface area (Å²) < 4.78 is 6.44. The Kier molecular flexibility index (Phi) is 6.48. The minimum Gasteiger partial charge on any atom is -0.492 e. The first-order valence-corrected chi connectivity index (χ1v) is 8.68. The lowest BCUT2D eigenvalue weighted by atomic mass is 10.1. The molecule has 2 rings (SSSR count). The Morgan fingerprint density at radius 3 is 2.74 bits per heavy atom. The monoisotopic (exact) mass is 395 g/mol. The van der Waals surface area contributed by atoms with E-state index in [1.807, 2.05) is 13.0 Å².